The average Bonchev–Trinajstić information content (AvgIpc) is 2.48. The van der Waals surface area contributed by atoms with Crippen LogP contribution in [0.3, 0.4) is 0 Å². The summed E-state index contributed by atoms with van der Waals surface area (Å²) in [6, 6.07) is 10.5. The SMILES string of the molecule is C[C@@H](c1ccccc1)N1C(=O)CC[C@@H]2CC(=O)CC[C@@H]21. The van der Waals surface area contributed by atoms with E-state index < -0.39 is 0 Å². The zero-order valence-corrected chi connectivity index (χ0v) is 11.9. The molecule has 2 fully saturated rings. The smallest absolute Gasteiger partial charge is 0.223 e. The molecule has 3 nitrogen and oxygen atoms in total. The Bertz CT molecular complexity index is 511. The lowest BCUT2D eigenvalue weighted by molar-refractivity contribution is -0.146. The van der Waals surface area contributed by atoms with Crippen LogP contribution in [-0.4, -0.2) is 22.6 Å². The van der Waals surface area contributed by atoms with E-state index in [0.717, 1.165) is 12.8 Å². The van der Waals surface area contributed by atoms with Gasteiger partial charge in [-0.25, -0.2) is 0 Å². The summed E-state index contributed by atoms with van der Waals surface area (Å²) in [5.74, 6) is 0.991. The number of amides is 1. The van der Waals surface area contributed by atoms with Crippen LogP contribution in [0.4, 0.5) is 0 Å². The molecule has 0 bridgehead atoms. The summed E-state index contributed by atoms with van der Waals surface area (Å²) >= 11 is 0. The van der Waals surface area contributed by atoms with E-state index in [0.29, 0.717) is 31.0 Å². The summed E-state index contributed by atoms with van der Waals surface area (Å²) in [5.41, 5.74) is 1.18. The van der Waals surface area contributed by atoms with Crippen LogP contribution in [-0.2, 0) is 9.59 Å². The Balaban J connectivity index is 1.86. The Morgan fingerprint density at radius 3 is 2.60 bits per heavy atom. The zero-order chi connectivity index (χ0) is 14.1. The third-order valence-electron chi connectivity index (χ3n) is 4.83. The van der Waals surface area contributed by atoms with Crippen molar-refractivity contribution in [3.63, 3.8) is 0 Å². The number of fused-ring (bicyclic) bond motifs is 1. The Morgan fingerprint density at radius 2 is 1.85 bits per heavy atom. The van der Waals surface area contributed by atoms with Crippen LogP contribution >= 0.6 is 0 Å². The summed E-state index contributed by atoms with van der Waals surface area (Å²) in [5, 5.41) is 0. The maximum Gasteiger partial charge on any atom is 0.223 e. The molecule has 0 aromatic heterocycles. The number of piperidine rings is 1. The first-order chi connectivity index (χ1) is 9.66. The summed E-state index contributed by atoms with van der Waals surface area (Å²) in [7, 11) is 0. The number of likely N-dealkylation sites (tertiary alicyclic amines) is 1. The maximum absolute atomic E-state index is 12.4. The van der Waals surface area contributed by atoms with Crippen LogP contribution in [0.1, 0.15) is 50.6 Å². The van der Waals surface area contributed by atoms with Crippen molar-refractivity contribution < 1.29 is 9.59 Å². The summed E-state index contributed by atoms with van der Waals surface area (Å²) in [4.78, 5) is 26.1. The highest BCUT2D eigenvalue weighted by Gasteiger charge is 2.41. The molecule has 1 aromatic carbocycles. The van der Waals surface area contributed by atoms with Crippen LogP contribution in [0, 0.1) is 5.92 Å². The second-order valence-corrected chi connectivity index (χ2v) is 6.04. The van der Waals surface area contributed by atoms with Crippen LogP contribution in [0.15, 0.2) is 30.3 Å². The van der Waals surface area contributed by atoms with Crippen molar-refractivity contribution in [3.05, 3.63) is 35.9 Å². The number of ketones is 1. The number of Topliss-reactive ketones (excluding diaryl/α,β-unsaturated/α-hetero) is 1. The first-order valence-electron chi connectivity index (χ1n) is 7.54. The molecule has 20 heavy (non-hydrogen) atoms. The van der Waals surface area contributed by atoms with E-state index in [4.69, 9.17) is 0 Å². The molecule has 1 amide bonds. The van der Waals surface area contributed by atoms with Gasteiger partial charge in [0.25, 0.3) is 0 Å². The number of nitrogens with zero attached hydrogens (tertiary/aromatic N) is 1. The lowest BCUT2D eigenvalue weighted by Crippen LogP contribution is -2.51. The Hall–Kier alpha value is -1.64. The number of carbonyl (C=O) groups is 2. The second kappa shape index (κ2) is 5.39. The minimum atomic E-state index is 0.102. The predicted molar refractivity (Wildman–Crippen MR) is 77.1 cm³/mol. The molecule has 2 aliphatic rings. The Kier molecular flexibility index (Phi) is 3.60. The van der Waals surface area contributed by atoms with E-state index in [2.05, 4.69) is 24.0 Å². The Labute approximate surface area is 120 Å². The number of carbonyl (C=O) groups excluding carboxylic acids is 2. The third-order valence-corrected chi connectivity index (χ3v) is 4.83. The number of hydrogen-bond donors (Lipinski definition) is 0. The first kappa shape index (κ1) is 13.3. The molecule has 1 heterocycles. The normalized spacial score (nSPS) is 28.1. The maximum atomic E-state index is 12.4. The number of hydrogen-bond acceptors (Lipinski definition) is 2. The van der Waals surface area contributed by atoms with Crippen molar-refractivity contribution >= 4 is 11.7 Å². The highest BCUT2D eigenvalue weighted by atomic mass is 16.2. The second-order valence-electron chi connectivity index (χ2n) is 6.04. The van der Waals surface area contributed by atoms with E-state index >= 15 is 0 Å². The van der Waals surface area contributed by atoms with Crippen molar-refractivity contribution in [2.75, 3.05) is 0 Å². The minimum absolute atomic E-state index is 0.102. The topological polar surface area (TPSA) is 37.4 Å². The number of rotatable bonds is 2. The van der Waals surface area contributed by atoms with E-state index in [1.165, 1.54) is 5.56 Å². The highest BCUT2D eigenvalue weighted by molar-refractivity contribution is 5.82. The van der Waals surface area contributed by atoms with Crippen LogP contribution in [0.25, 0.3) is 0 Å². The van der Waals surface area contributed by atoms with Gasteiger partial charge in [0.05, 0.1) is 6.04 Å². The predicted octanol–water partition coefficient (Wildman–Crippen LogP) is 3.11. The first-order valence-corrected chi connectivity index (χ1v) is 7.54. The summed E-state index contributed by atoms with van der Waals surface area (Å²) in [6.07, 6.45) is 3.60. The molecule has 0 unspecified atom stereocenters. The van der Waals surface area contributed by atoms with Gasteiger partial charge in [-0.15, -0.1) is 0 Å². The van der Waals surface area contributed by atoms with Gasteiger partial charge in [-0.3, -0.25) is 9.59 Å². The Morgan fingerprint density at radius 1 is 1.10 bits per heavy atom. The van der Waals surface area contributed by atoms with Crippen LogP contribution < -0.4 is 0 Å². The van der Waals surface area contributed by atoms with E-state index in [9.17, 15) is 9.59 Å². The molecular weight excluding hydrogens is 250 g/mol. The molecule has 3 atom stereocenters. The molecule has 3 rings (SSSR count). The van der Waals surface area contributed by atoms with Gasteiger partial charge in [0.15, 0.2) is 0 Å². The fraction of sp³-hybridized carbons (Fsp3) is 0.529. The van der Waals surface area contributed by atoms with E-state index in [1.54, 1.807) is 0 Å². The highest BCUT2D eigenvalue weighted by Crippen LogP contribution is 2.38. The van der Waals surface area contributed by atoms with Crippen molar-refractivity contribution in [1.82, 2.24) is 4.90 Å². The molecule has 1 saturated heterocycles. The molecule has 106 valence electrons. The third kappa shape index (κ3) is 2.37. The van der Waals surface area contributed by atoms with E-state index in [-0.39, 0.29) is 18.0 Å². The van der Waals surface area contributed by atoms with E-state index in [1.807, 2.05) is 18.2 Å². The standard InChI is InChI=1S/C17H21NO2/c1-12(13-5-3-2-4-6-13)18-16-9-8-15(19)11-14(16)7-10-17(18)20/h2-6,12,14,16H,7-11H2,1H3/t12-,14+,16-/m0/s1. The van der Waals surface area contributed by atoms with Crippen molar-refractivity contribution in [2.45, 2.75) is 51.1 Å². The summed E-state index contributed by atoms with van der Waals surface area (Å²) < 4.78 is 0. The molecule has 0 N–H and O–H groups in total. The van der Waals surface area contributed by atoms with Crippen molar-refractivity contribution in [3.8, 4) is 0 Å². The minimum Gasteiger partial charge on any atom is -0.333 e. The van der Waals surface area contributed by atoms with Gasteiger partial charge in [-0.1, -0.05) is 30.3 Å². The molecule has 1 aromatic rings. The average molecular weight is 271 g/mol. The largest absolute Gasteiger partial charge is 0.333 e. The van der Waals surface area contributed by atoms with Gasteiger partial charge in [-0.05, 0) is 31.2 Å². The molecule has 0 radical (unpaired) electrons. The number of benzene rings is 1. The summed E-state index contributed by atoms with van der Waals surface area (Å²) in [6.45, 7) is 2.10. The van der Waals surface area contributed by atoms with Gasteiger partial charge in [0.1, 0.15) is 5.78 Å². The lowest BCUT2D eigenvalue weighted by Gasteiger charge is -2.46. The van der Waals surface area contributed by atoms with Gasteiger partial charge >= 0.3 is 0 Å². The molecule has 1 aliphatic carbocycles. The zero-order valence-electron chi connectivity index (χ0n) is 11.9. The van der Waals surface area contributed by atoms with Gasteiger partial charge in [0.2, 0.25) is 5.91 Å². The fourth-order valence-electron chi connectivity index (χ4n) is 3.75. The van der Waals surface area contributed by atoms with Crippen LogP contribution in [0.2, 0.25) is 0 Å². The molecular formula is C17H21NO2. The van der Waals surface area contributed by atoms with Crippen molar-refractivity contribution in [1.29, 1.82) is 0 Å². The molecule has 3 heteroatoms. The lowest BCUT2D eigenvalue weighted by atomic mass is 9.76. The van der Waals surface area contributed by atoms with Crippen molar-refractivity contribution in [2.24, 2.45) is 5.92 Å². The fourth-order valence-corrected chi connectivity index (χ4v) is 3.75. The van der Waals surface area contributed by atoms with Gasteiger partial charge < -0.3 is 4.90 Å². The molecule has 0 spiro atoms. The quantitative estimate of drug-likeness (QED) is 0.829. The van der Waals surface area contributed by atoms with Gasteiger partial charge in [-0.2, -0.15) is 0 Å². The molecule has 1 saturated carbocycles. The molecule has 1 aliphatic heterocycles. The van der Waals surface area contributed by atoms with Crippen LogP contribution in [0.5, 0.6) is 0 Å². The van der Waals surface area contributed by atoms with Gasteiger partial charge in [0, 0.05) is 25.3 Å². The monoisotopic (exact) mass is 271 g/mol.